The Bertz CT molecular complexity index is 240. The molecule has 0 N–H and O–H groups in total. The molecule has 1 rings (SSSR count). The molecule has 0 aliphatic heterocycles. The smallest absolute Gasteiger partial charge is 0.165 e. The lowest BCUT2D eigenvalue weighted by Gasteiger charge is -2.04. The van der Waals surface area contributed by atoms with Crippen LogP contribution >= 0.6 is 11.6 Å². The van der Waals surface area contributed by atoms with Gasteiger partial charge in [-0.15, -0.1) is 0 Å². The quantitative estimate of drug-likeness (QED) is 0.619. The van der Waals surface area contributed by atoms with Crippen molar-refractivity contribution >= 4 is 11.6 Å². The Morgan fingerprint density at radius 2 is 1.85 bits per heavy atom. The molecule has 0 aromatic carbocycles. The number of allylic oxidation sites excluding steroid dienone is 2. The lowest BCUT2D eigenvalue weighted by atomic mass is 10.1. The second-order valence-electron chi connectivity index (χ2n) is 3.97. The lowest BCUT2D eigenvalue weighted by Crippen LogP contribution is -2.07. The van der Waals surface area contributed by atoms with Crippen LogP contribution in [0.4, 0.5) is 13.2 Å². The molecule has 1 radical (unpaired) electrons. The SMILES string of the molecule is [CH2]C1C(/C=C(\Cl)C(F)(F)F)C1(C)C. The minimum atomic E-state index is -4.42. The fraction of sp³-hybridized carbons (Fsp3) is 0.667. The summed E-state index contributed by atoms with van der Waals surface area (Å²) in [7, 11) is 0. The van der Waals surface area contributed by atoms with E-state index in [0.29, 0.717) is 0 Å². The van der Waals surface area contributed by atoms with Crippen molar-refractivity contribution in [3.05, 3.63) is 18.0 Å². The van der Waals surface area contributed by atoms with Crippen molar-refractivity contribution in [3.8, 4) is 0 Å². The van der Waals surface area contributed by atoms with Crippen molar-refractivity contribution < 1.29 is 13.2 Å². The zero-order chi connectivity index (χ0) is 10.4. The molecule has 0 aromatic heterocycles. The Morgan fingerprint density at radius 3 is 2.08 bits per heavy atom. The largest absolute Gasteiger partial charge is 0.426 e. The molecule has 0 saturated heterocycles. The molecular formula is C9H11ClF3. The van der Waals surface area contributed by atoms with Crippen molar-refractivity contribution in [1.29, 1.82) is 0 Å². The Hall–Kier alpha value is -0.180. The first kappa shape index (κ1) is 10.9. The molecule has 0 aromatic rings. The van der Waals surface area contributed by atoms with Gasteiger partial charge in [-0.25, -0.2) is 0 Å². The van der Waals surface area contributed by atoms with Gasteiger partial charge in [0.15, 0.2) is 0 Å². The zero-order valence-electron chi connectivity index (χ0n) is 7.45. The van der Waals surface area contributed by atoms with Crippen molar-refractivity contribution in [2.75, 3.05) is 0 Å². The molecule has 13 heavy (non-hydrogen) atoms. The third-order valence-corrected chi connectivity index (χ3v) is 3.08. The first-order valence-corrected chi connectivity index (χ1v) is 4.32. The lowest BCUT2D eigenvalue weighted by molar-refractivity contribution is -0.0848. The number of hydrogen-bond acceptors (Lipinski definition) is 0. The van der Waals surface area contributed by atoms with Crippen LogP contribution in [0.3, 0.4) is 0 Å². The molecule has 0 heterocycles. The second kappa shape index (κ2) is 2.91. The molecule has 0 bridgehead atoms. The molecule has 1 aliphatic rings. The van der Waals surface area contributed by atoms with E-state index in [1.807, 2.05) is 13.8 Å². The molecule has 75 valence electrons. The highest BCUT2D eigenvalue weighted by Crippen LogP contribution is 2.59. The van der Waals surface area contributed by atoms with E-state index in [9.17, 15) is 13.2 Å². The van der Waals surface area contributed by atoms with E-state index in [1.54, 1.807) is 0 Å². The summed E-state index contributed by atoms with van der Waals surface area (Å²) in [5.41, 5.74) is -0.147. The molecule has 0 nitrogen and oxygen atoms in total. The van der Waals surface area contributed by atoms with E-state index in [4.69, 9.17) is 11.6 Å². The van der Waals surface area contributed by atoms with Crippen LogP contribution in [-0.2, 0) is 0 Å². The Kier molecular flexibility index (Phi) is 2.44. The molecule has 1 aliphatic carbocycles. The first-order chi connectivity index (χ1) is 5.67. The van der Waals surface area contributed by atoms with Crippen LogP contribution in [0.15, 0.2) is 11.1 Å². The van der Waals surface area contributed by atoms with E-state index < -0.39 is 11.2 Å². The van der Waals surface area contributed by atoms with Crippen LogP contribution in [0.25, 0.3) is 0 Å². The predicted octanol–water partition coefficient (Wildman–Crippen LogP) is 3.78. The predicted molar refractivity (Wildman–Crippen MR) is 46.1 cm³/mol. The van der Waals surface area contributed by atoms with Gasteiger partial charge >= 0.3 is 6.18 Å². The summed E-state index contributed by atoms with van der Waals surface area (Å²) in [6, 6.07) is 0. The molecule has 2 atom stereocenters. The normalized spacial score (nSPS) is 33.3. The average molecular weight is 212 g/mol. The maximum Gasteiger partial charge on any atom is 0.426 e. The van der Waals surface area contributed by atoms with E-state index in [1.165, 1.54) is 0 Å². The van der Waals surface area contributed by atoms with E-state index >= 15 is 0 Å². The van der Waals surface area contributed by atoms with Gasteiger partial charge < -0.3 is 0 Å². The highest BCUT2D eigenvalue weighted by Gasteiger charge is 2.54. The van der Waals surface area contributed by atoms with Crippen molar-refractivity contribution in [1.82, 2.24) is 0 Å². The highest BCUT2D eigenvalue weighted by molar-refractivity contribution is 6.30. The van der Waals surface area contributed by atoms with E-state index in [2.05, 4.69) is 6.92 Å². The van der Waals surface area contributed by atoms with Crippen molar-refractivity contribution in [2.45, 2.75) is 20.0 Å². The maximum absolute atomic E-state index is 12.0. The first-order valence-electron chi connectivity index (χ1n) is 3.95. The molecule has 1 fully saturated rings. The third kappa shape index (κ3) is 2.01. The fourth-order valence-corrected chi connectivity index (χ4v) is 1.51. The minimum Gasteiger partial charge on any atom is -0.165 e. The molecule has 0 amide bonds. The summed E-state index contributed by atoms with van der Waals surface area (Å²) in [6.45, 7) is 7.51. The van der Waals surface area contributed by atoms with Crippen LogP contribution in [0.5, 0.6) is 0 Å². The summed E-state index contributed by atoms with van der Waals surface area (Å²) in [4.78, 5) is 0. The zero-order valence-corrected chi connectivity index (χ0v) is 8.21. The molecule has 2 unspecified atom stereocenters. The van der Waals surface area contributed by atoms with Gasteiger partial charge in [0, 0.05) is 0 Å². The van der Waals surface area contributed by atoms with Gasteiger partial charge in [-0.3, -0.25) is 0 Å². The van der Waals surface area contributed by atoms with Crippen LogP contribution in [-0.4, -0.2) is 6.18 Å². The average Bonchev–Trinajstić information content (AvgIpc) is 2.36. The Morgan fingerprint density at radius 1 is 1.46 bits per heavy atom. The number of alkyl halides is 3. The van der Waals surface area contributed by atoms with Gasteiger partial charge in [-0.2, -0.15) is 13.2 Å². The fourth-order valence-electron chi connectivity index (χ4n) is 1.37. The number of rotatable bonds is 1. The summed E-state index contributed by atoms with van der Waals surface area (Å²) >= 11 is 5.09. The third-order valence-electron chi connectivity index (χ3n) is 2.74. The second-order valence-corrected chi connectivity index (χ2v) is 4.37. The van der Waals surface area contributed by atoms with Gasteiger partial charge in [0.05, 0.1) is 0 Å². The standard InChI is InChI=1S/C9H11ClF3/c1-5-6(8(5,2)3)4-7(10)9(11,12)13/h4-6H,1H2,2-3H3/b7-4-. The van der Waals surface area contributed by atoms with Crippen molar-refractivity contribution in [3.63, 3.8) is 0 Å². The molecular weight excluding hydrogens is 201 g/mol. The number of halogens is 4. The van der Waals surface area contributed by atoms with Crippen LogP contribution in [0, 0.1) is 24.2 Å². The molecule has 0 spiro atoms. The van der Waals surface area contributed by atoms with Crippen LogP contribution in [0.1, 0.15) is 13.8 Å². The summed E-state index contributed by atoms with van der Waals surface area (Å²) < 4.78 is 36.0. The maximum atomic E-state index is 12.0. The topological polar surface area (TPSA) is 0 Å². The summed E-state index contributed by atoms with van der Waals surface area (Å²) in [5, 5.41) is -1.03. The minimum absolute atomic E-state index is 0.0311. The number of hydrogen-bond donors (Lipinski definition) is 0. The Labute approximate surface area is 80.8 Å². The molecule has 4 heteroatoms. The Balaban J connectivity index is 2.70. The monoisotopic (exact) mass is 211 g/mol. The van der Waals surface area contributed by atoms with Gasteiger partial charge in [-0.05, 0) is 24.2 Å². The van der Waals surface area contributed by atoms with Gasteiger partial charge in [-0.1, -0.05) is 31.5 Å². The van der Waals surface area contributed by atoms with Gasteiger partial charge in [0.1, 0.15) is 5.03 Å². The van der Waals surface area contributed by atoms with Crippen LogP contribution in [0.2, 0.25) is 0 Å². The summed E-state index contributed by atoms with van der Waals surface area (Å²) in [6.07, 6.45) is -3.35. The van der Waals surface area contributed by atoms with Gasteiger partial charge in [0.25, 0.3) is 0 Å². The van der Waals surface area contributed by atoms with Crippen LogP contribution < -0.4 is 0 Å². The highest BCUT2D eigenvalue weighted by atomic mass is 35.5. The molecule has 1 saturated carbocycles. The van der Waals surface area contributed by atoms with Crippen molar-refractivity contribution in [2.24, 2.45) is 17.3 Å². The summed E-state index contributed by atoms with van der Waals surface area (Å²) in [5.74, 6) is -0.120. The van der Waals surface area contributed by atoms with Gasteiger partial charge in [0.2, 0.25) is 0 Å². The van der Waals surface area contributed by atoms with E-state index in [0.717, 1.165) is 6.08 Å². The van der Waals surface area contributed by atoms with E-state index in [-0.39, 0.29) is 17.3 Å².